The van der Waals surface area contributed by atoms with Gasteiger partial charge in [0.2, 0.25) is 11.8 Å². The van der Waals surface area contributed by atoms with Crippen molar-refractivity contribution in [1.82, 2.24) is 5.32 Å². The van der Waals surface area contributed by atoms with Gasteiger partial charge in [-0.2, -0.15) is 0 Å². The Balaban J connectivity index is 2.52. The monoisotopic (exact) mass is 228 g/mol. The minimum atomic E-state index is -0.616. The molecule has 2 amide bonds. The molecule has 0 aromatic heterocycles. The SMILES string of the molecule is C[C@@H]1CCO[C@H]1C(=O)NC(C)(C)CC(N)=O. The zero-order valence-electron chi connectivity index (χ0n) is 10.1. The van der Waals surface area contributed by atoms with Crippen molar-refractivity contribution in [2.45, 2.75) is 45.3 Å². The molecule has 0 radical (unpaired) electrons. The molecule has 0 aliphatic carbocycles. The number of ether oxygens (including phenoxy) is 1. The van der Waals surface area contributed by atoms with Crippen LogP contribution >= 0.6 is 0 Å². The van der Waals surface area contributed by atoms with Crippen LogP contribution in [0.2, 0.25) is 0 Å². The zero-order valence-corrected chi connectivity index (χ0v) is 10.1. The molecular formula is C11H20N2O3. The lowest BCUT2D eigenvalue weighted by atomic mass is 9.98. The molecule has 0 bridgehead atoms. The van der Waals surface area contributed by atoms with E-state index in [1.807, 2.05) is 6.92 Å². The van der Waals surface area contributed by atoms with E-state index in [4.69, 9.17) is 10.5 Å². The molecule has 16 heavy (non-hydrogen) atoms. The van der Waals surface area contributed by atoms with Gasteiger partial charge in [-0.1, -0.05) is 6.92 Å². The molecule has 0 aromatic rings. The summed E-state index contributed by atoms with van der Waals surface area (Å²) in [6.07, 6.45) is 0.626. The van der Waals surface area contributed by atoms with E-state index >= 15 is 0 Å². The minimum Gasteiger partial charge on any atom is -0.370 e. The number of amides is 2. The summed E-state index contributed by atoms with van der Waals surface area (Å²) in [4.78, 5) is 22.7. The van der Waals surface area contributed by atoms with E-state index in [9.17, 15) is 9.59 Å². The number of nitrogens with two attached hydrogens (primary N) is 1. The predicted octanol–water partition coefficient (Wildman–Crippen LogP) is 0.182. The van der Waals surface area contributed by atoms with Crippen LogP contribution in [0.25, 0.3) is 0 Å². The number of carbonyl (C=O) groups is 2. The molecule has 5 heteroatoms. The van der Waals surface area contributed by atoms with Gasteiger partial charge in [-0.3, -0.25) is 9.59 Å². The van der Waals surface area contributed by atoms with Crippen molar-refractivity contribution in [2.24, 2.45) is 11.7 Å². The van der Waals surface area contributed by atoms with Crippen LogP contribution in [0.1, 0.15) is 33.6 Å². The van der Waals surface area contributed by atoms with Crippen molar-refractivity contribution < 1.29 is 14.3 Å². The van der Waals surface area contributed by atoms with Crippen molar-refractivity contribution in [1.29, 1.82) is 0 Å². The van der Waals surface area contributed by atoms with E-state index in [2.05, 4.69) is 5.32 Å². The molecular weight excluding hydrogens is 208 g/mol. The summed E-state index contributed by atoms with van der Waals surface area (Å²) in [6.45, 7) is 6.15. The van der Waals surface area contributed by atoms with Crippen LogP contribution in [0, 0.1) is 5.92 Å². The second-order valence-corrected chi connectivity index (χ2v) is 5.07. The summed E-state index contributed by atoms with van der Waals surface area (Å²) in [6, 6.07) is 0. The molecule has 1 aliphatic heterocycles. The van der Waals surface area contributed by atoms with Gasteiger partial charge in [-0.05, 0) is 26.2 Å². The van der Waals surface area contributed by atoms with E-state index in [0.717, 1.165) is 6.42 Å². The van der Waals surface area contributed by atoms with Crippen LogP contribution in [0.15, 0.2) is 0 Å². The first-order valence-corrected chi connectivity index (χ1v) is 5.54. The smallest absolute Gasteiger partial charge is 0.249 e. The lowest BCUT2D eigenvalue weighted by Gasteiger charge is -2.27. The van der Waals surface area contributed by atoms with Crippen molar-refractivity contribution in [2.75, 3.05) is 6.61 Å². The van der Waals surface area contributed by atoms with Crippen molar-refractivity contribution in [3.8, 4) is 0 Å². The molecule has 92 valence electrons. The van der Waals surface area contributed by atoms with Gasteiger partial charge in [-0.25, -0.2) is 0 Å². The Labute approximate surface area is 95.7 Å². The normalized spacial score (nSPS) is 25.4. The molecule has 1 rings (SSSR count). The fraction of sp³-hybridized carbons (Fsp3) is 0.818. The molecule has 0 spiro atoms. The highest BCUT2D eigenvalue weighted by atomic mass is 16.5. The molecule has 0 aromatic carbocycles. The fourth-order valence-corrected chi connectivity index (χ4v) is 1.92. The lowest BCUT2D eigenvalue weighted by Crippen LogP contribution is -2.50. The van der Waals surface area contributed by atoms with Gasteiger partial charge in [0.15, 0.2) is 0 Å². The van der Waals surface area contributed by atoms with Gasteiger partial charge >= 0.3 is 0 Å². The van der Waals surface area contributed by atoms with Gasteiger partial charge in [0, 0.05) is 18.6 Å². The average Bonchev–Trinajstić information content (AvgIpc) is 2.47. The van der Waals surface area contributed by atoms with Crippen LogP contribution < -0.4 is 11.1 Å². The van der Waals surface area contributed by atoms with E-state index in [-0.39, 0.29) is 18.2 Å². The standard InChI is InChI=1S/C11H20N2O3/c1-7-4-5-16-9(7)10(15)13-11(2,3)6-8(12)14/h7,9H,4-6H2,1-3H3,(H2,12,14)(H,13,15)/t7-,9-/m1/s1. The lowest BCUT2D eigenvalue weighted by molar-refractivity contribution is -0.133. The van der Waals surface area contributed by atoms with Gasteiger partial charge in [0.25, 0.3) is 0 Å². The molecule has 1 saturated heterocycles. The Morgan fingerprint density at radius 2 is 2.12 bits per heavy atom. The Bertz CT molecular complexity index is 289. The van der Waals surface area contributed by atoms with Gasteiger partial charge < -0.3 is 15.8 Å². The molecule has 0 unspecified atom stereocenters. The first kappa shape index (κ1) is 13.0. The number of carbonyl (C=O) groups excluding carboxylic acids is 2. The van der Waals surface area contributed by atoms with Gasteiger partial charge in [0.1, 0.15) is 6.10 Å². The maximum Gasteiger partial charge on any atom is 0.249 e. The van der Waals surface area contributed by atoms with Crippen LogP contribution in [0.3, 0.4) is 0 Å². The van der Waals surface area contributed by atoms with Gasteiger partial charge in [0.05, 0.1) is 0 Å². The number of hydrogen-bond acceptors (Lipinski definition) is 3. The van der Waals surface area contributed by atoms with Crippen LogP contribution in [0.4, 0.5) is 0 Å². The third kappa shape index (κ3) is 3.48. The van der Waals surface area contributed by atoms with Gasteiger partial charge in [-0.15, -0.1) is 0 Å². The summed E-state index contributed by atoms with van der Waals surface area (Å²) in [7, 11) is 0. The second-order valence-electron chi connectivity index (χ2n) is 5.07. The molecule has 1 heterocycles. The predicted molar refractivity (Wildman–Crippen MR) is 59.6 cm³/mol. The van der Waals surface area contributed by atoms with E-state index in [1.54, 1.807) is 13.8 Å². The third-order valence-electron chi connectivity index (χ3n) is 2.72. The van der Waals surface area contributed by atoms with Crippen molar-refractivity contribution >= 4 is 11.8 Å². The Kier molecular flexibility index (Phi) is 3.91. The summed E-state index contributed by atoms with van der Waals surface area (Å²) in [5.41, 5.74) is 4.50. The second kappa shape index (κ2) is 4.82. The molecule has 5 nitrogen and oxygen atoms in total. The number of hydrogen-bond donors (Lipinski definition) is 2. The Morgan fingerprint density at radius 1 is 1.50 bits per heavy atom. The largest absolute Gasteiger partial charge is 0.370 e. The van der Waals surface area contributed by atoms with Crippen molar-refractivity contribution in [3.63, 3.8) is 0 Å². The first-order valence-electron chi connectivity index (χ1n) is 5.54. The molecule has 1 aliphatic rings. The summed E-state index contributed by atoms with van der Waals surface area (Å²) in [5, 5.41) is 2.80. The number of rotatable bonds is 4. The maximum absolute atomic E-state index is 11.9. The van der Waals surface area contributed by atoms with Crippen molar-refractivity contribution in [3.05, 3.63) is 0 Å². The summed E-state index contributed by atoms with van der Waals surface area (Å²) < 4.78 is 5.35. The maximum atomic E-state index is 11.9. The number of nitrogens with one attached hydrogen (secondary N) is 1. The highest BCUT2D eigenvalue weighted by Gasteiger charge is 2.34. The molecule has 3 N–H and O–H groups in total. The molecule has 2 atom stereocenters. The summed E-state index contributed by atoms with van der Waals surface area (Å²) >= 11 is 0. The van der Waals surface area contributed by atoms with Crippen LogP contribution in [0.5, 0.6) is 0 Å². The minimum absolute atomic E-state index is 0.125. The summed E-state index contributed by atoms with van der Waals surface area (Å²) in [5.74, 6) is -0.355. The highest BCUT2D eigenvalue weighted by Crippen LogP contribution is 2.21. The quantitative estimate of drug-likeness (QED) is 0.720. The van der Waals surface area contributed by atoms with E-state index in [1.165, 1.54) is 0 Å². The third-order valence-corrected chi connectivity index (χ3v) is 2.72. The molecule has 0 saturated carbocycles. The Morgan fingerprint density at radius 3 is 2.56 bits per heavy atom. The Hall–Kier alpha value is -1.10. The molecule has 1 fully saturated rings. The zero-order chi connectivity index (χ0) is 12.3. The van der Waals surface area contributed by atoms with E-state index in [0.29, 0.717) is 6.61 Å². The fourth-order valence-electron chi connectivity index (χ4n) is 1.92. The average molecular weight is 228 g/mol. The number of primary amides is 1. The van der Waals surface area contributed by atoms with E-state index < -0.39 is 17.6 Å². The van der Waals surface area contributed by atoms with Crippen LogP contribution in [-0.2, 0) is 14.3 Å². The van der Waals surface area contributed by atoms with Crippen LogP contribution in [-0.4, -0.2) is 30.1 Å². The first-order chi connectivity index (χ1) is 7.32. The topological polar surface area (TPSA) is 81.4 Å². The highest BCUT2D eigenvalue weighted by molar-refractivity contribution is 5.83.